The molecule has 0 aliphatic carbocycles. The van der Waals surface area contributed by atoms with E-state index < -0.39 is 0 Å². The lowest BCUT2D eigenvalue weighted by Gasteiger charge is -2.15. The van der Waals surface area contributed by atoms with Crippen molar-refractivity contribution in [3.05, 3.63) is 46.7 Å². The van der Waals surface area contributed by atoms with Crippen LogP contribution in [0.2, 0.25) is 0 Å². The summed E-state index contributed by atoms with van der Waals surface area (Å²) in [7, 11) is 1.89. The third-order valence-electron chi connectivity index (χ3n) is 2.81. The summed E-state index contributed by atoms with van der Waals surface area (Å²) in [5.41, 5.74) is 1.57. The highest BCUT2D eigenvalue weighted by Gasteiger charge is 2.11. The number of hydrogen-bond acceptors (Lipinski definition) is 5. The molecule has 0 aliphatic rings. The Morgan fingerprint density at radius 3 is 3.00 bits per heavy atom. The van der Waals surface area contributed by atoms with Crippen LogP contribution in [0.5, 0.6) is 0 Å². The molecular weight excluding hydrogens is 291 g/mol. The largest absolute Gasteiger partial charge is 0.466 e. The van der Waals surface area contributed by atoms with Gasteiger partial charge >= 0.3 is 5.97 Å². The first-order valence-corrected chi connectivity index (χ1v) is 7.52. The number of aromatic nitrogens is 1. The van der Waals surface area contributed by atoms with E-state index in [1.807, 2.05) is 23.4 Å². The van der Waals surface area contributed by atoms with Crippen LogP contribution in [0.3, 0.4) is 0 Å². The first kappa shape index (κ1) is 15.4. The molecule has 2 rings (SSSR count). The molecule has 2 aromatic rings. The van der Waals surface area contributed by atoms with Crippen molar-refractivity contribution in [3.8, 4) is 0 Å². The molecule has 0 amide bonds. The molecule has 0 saturated carbocycles. The molecule has 0 atom stereocenters. The van der Waals surface area contributed by atoms with Crippen LogP contribution in [0.1, 0.15) is 18.2 Å². The number of hydrogen-bond donors (Lipinski definition) is 0. The summed E-state index contributed by atoms with van der Waals surface area (Å²) in [5.74, 6) is -0.523. The highest BCUT2D eigenvalue weighted by Crippen LogP contribution is 2.21. The number of carbonyl (C=O) groups excluding carboxylic acids is 1. The van der Waals surface area contributed by atoms with E-state index >= 15 is 0 Å². The maximum Gasteiger partial charge on any atom is 0.311 e. The first-order valence-electron chi connectivity index (χ1n) is 6.64. The molecule has 0 aliphatic heterocycles. The molecule has 6 heteroatoms. The number of ether oxygens (including phenoxy) is 1. The van der Waals surface area contributed by atoms with Crippen molar-refractivity contribution < 1.29 is 13.9 Å². The summed E-state index contributed by atoms with van der Waals surface area (Å²) < 4.78 is 18.1. The van der Waals surface area contributed by atoms with Gasteiger partial charge in [-0.1, -0.05) is 12.1 Å². The number of benzene rings is 1. The first-order chi connectivity index (χ1) is 10.1. The molecule has 0 unspecified atom stereocenters. The number of esters is 1. The van der Waals surface area contributed by atoms with Gasteiger partial charge in [-0.3, -0.25) is 4.79 Å². The molecule has 0 saturated heterocycles. The highest BCUT2D eigenvalue weighted by atomic mass is 32.1. The van der Waals surface area contributed by atoms with E-state index in [2.05, 4.69) is 4.98 Å². The fraction of sp³-hybridized carbons (Fsp3) is 0.333. The van der Waals surface area contributed by atoms with Gasteiger partial charge in [0.1, 0.15) is 5.82 Å². The van der Waals surface area contributed by atoms with Gasteiger partial charge in [-0.25, -0.2) is 9.37 Å². The van der Waals surface area contributed by atoms with Crippen molar-refractivity contribution in [2.24, 2.45) is 0 Å². The lowest BCUT2D eigenvalue weighted by atomic mass is 10.2. The number of thiazole rings is 1. The monoisotopic (exact) mass is 308 g/mol. The quantitative estimate of drug-likeness (QED) is 0.769. The molecule has 0 fully saturated rings. The van der Waals surface area contributed by atoms with Gasteiger partial charge in [0, 0.05) is 19.0 Å². The smallest absolute Gasteiger partial charge is 0.311 e. The molecule has 1 aromatic heterocycles. The lowest BCUT2D eigenvalue weighted by molar-refractivity contribution is -0.142. The number of nitrogens with zero attached hydrogens (tertiary/aromatic N) is 2. The Bertz CT molecular complexity index is 615. The van der Waals surface area contributed by atoms with Crippen LogP contribution in [0, 0.1) is 5.82 Å². The minimum absolute atomic E-state index is 0.179. The van der Waals surface area contributed by atoms with Gasteiger partial charge in [0.05, 0.1) is 18.7 Å². The molecular formula is C15H17FN2O2S. The summed E-state index contributed by atoms with van der Waals surface area (Å²) in [4.78, 5) is 17.7. The Balaban J connectivity index is 1.98. The van der Waals surface area contributed by atoms with Crippen molar-refractivity contribution in [2.75, 3.05) is 18.6 Å². The van der Waals surface area contributed by atoms with Crippen LogP contribution >= 0.6 is 11.3 Å². The summed E-state index contributed by atoms with van der Waals surface area (Å²) >= 11 is 1.45. The van der Waals surface area contributed by atoms with Gasteiger partial charge in [0.25, 0.3) is 0 Å². The molecule has 1 aromatic carbocycles. The van der Waals surface area contributed by atoms with Crippen LogP contribution in [0.4, 0.5) is 9.52 Å². The molecule has 0 bridgehead atoms. The standard InChI is InChI=1S/C15H17FN2O2S/c1-3-20-14(19)8-13-10-21-15(17-13)18(2)9-11-5-4-6-12(16)7-11/h4-7,10H,3,8-9H2,1-2H3. The molecule has 4 nitrogen and oxygen atoms in total. The Morgan fingerprint density at radius 1 is 1.48 bits per heavy atom. The maximum absolute atomic E-state index is 13.2. The predicted molar refractivity (Wildman–Crippen MR) is 81.0 cm³/mol. The fourth-order valence-corrected chi connectivity index (χ4v) is 2.68. The SMILES string of the molecule is CCOC(=O)Cc1csc(N(C)Cc2cccc(F)c2)n1. The Hall–Kier alpha value is -1.95. The molecule has 112 valence electrons. The van der Waals surface area contributed by atoms with Crippen molar-refractivity contribution in [1.29, 1.82) is 0 Å². The zero-order valence-electron chi connectivity index (χ0n) is 12.0. The highest BCUT2D eigenvalue weighted by molar-refractivity contribution is 7.13. The van der Waals surface area contributed by atoms with E-state index in [0.717, 1.165) is 10.7 Å². The van der Waals surface area contributed by atoms with Crippen molar-refractivity contribution in [3.63, 3.8) is 0 Å². The number of rotatable bonds is 6. The van der Waals surface area contributed by atoms with Crippen molar-refractivity contribution in [2.45, 2.75) is 19.9 Å². The summed E-state index contributed by atoms with van der Waals surface area (Å²) in [6.45, 7) is 2.70. The number of carbonyl (C=O) groups is 1. The van der Waals surface area contributed by atoms with E-state index in [1.165, 1.54) is 23.5 Å². The zero-order chi connectivity index (χ0) is 15.2. The van der Waals surface area contributed by atoms with Crippen LogP contribution in [-0.4, -0.2) is 24.6 Å². The zero-order valence-corrected chi connectivity index (χ0v) is 12.8. The van der Waals surface area contributed by atoms with E-state index in [-0.39, 0.29) is 18.2 Å². The molecule has 0 spiro atoms. The van der Waals surface area contributed by atoms with E-state index in [4.69, 9.17) is 4.74 Å². The van der Waals surface area contributed by atoms with Gasteiger partial charge in [0.15, 0.2) is 5.13 Å². The number of anilines is 1. The van der Waals surface area contributed by atoms with Crippen LogP contribution in [-0.2, 0) is 22.5 Å². The molecule has 1 heterocycles. The topological polar surface area (TPSA) is 42.4 Å². The van der Waals surface area contributed by atoms with Gasteiger partial charge in [-0.2, -0.15) is 0 Å². The Morgan fingerprint density at radius 2 is 2.29 bits per heavy atom. The van der Waals surface area contributed by atoms with Crippen LogP contribution < -0.4 is 4.90 Å². The van der Waals surface area contributed by atoms with Crippen LogP contribution in [0.25, 0.3) is 0 Å². The molecule has 0 N–H and O–H groups in total. The van der Waals surface area contributed by atoms with Gasteiger partial charge in [-0.15, -0.1) is 11.3 Å². The van der Waals surface area contributed by atoms with Gasteiger partial charge in [-0.05, 0) is 24.6 Å². The second-order valence-corrected chi connectivity index (χ2v) is 5.43. The third-order valence-corrected chi connectivity index (χ3v) is 3.81. The average Bonchev–Trinajstić information content (AvgIpc) is 2.87. The number of halogens is 1. The average molecular weight is 308 g/mol. The summed E-state index contributed by atoms with van der Waals surface area (Å²) in [6, 6.07) is 6.48. The maximum atomic E-state index is 13.2. The van der Waals surface area contributed by atoms with Crippen LogP contribution in [0.15, 0.2) is 29.6 Å². The molecule has 0 radical (unpaired) electrons. The lowest BCUT2D eigenvalue weighted by Crippen LogP contribution is -2.16. The minimum Gasteiger partial charge on any atom is -0.466 e. The summed E-state index contributed by atoms with van der Waals surface area (Å²) in [5, 5.41) is 2.63. The van der Waals surface area contributed by atoms with E-state index in [1.54, 1.807) is 13.0 Å². The van der Waals surface area contributed by atoms with Gasteiger partial charge < -0.3 is 9.64 Å². The fourth-order valence-electron chi connectivity index (χ4n) is 1.89. The summed E-state index contributed by atoms with van der Waals surface area (Å²) in [6.07, 6.45) is 0.179. The second kappa shape index (κ2) is 7.17. The van der Waals surface area contributed by atoms with Crippen molar-refractivity contribution >= 4 is 22.4 Å². The Labute approximate surface area is 127 Å². The third kappa shape index (κ3) is 4.53. The van der Waals surface area contributed by atoms with E-state index in [0.29, 0.717) is 18.8 Å². The van der Waals surface area contributed by atoms with Gasteiger partial charge in [0.2, 0.25) is 0 Å². The Kier molecular flexibility index (Phi) is 5.27. The minimum atomic E-state index is -0.276. The predicted octanol–water partition coefficient (Wildman–Crippen LogP) is 3.02. The second-order valence-electron chi connectivity index (χ2n) is 4.59. The van der Waals surface area contributed by atoms with E-state index in [9.17, 15) is 9.18 Å². The van der Waals surface area contributed by atoms with Crippen molar-refractivity contribution in [1.82, 2.24) is 4.98 Å². The molecule has 21 heavy (non-hydrogen) atoms. The normalized spacial score (nSPS) is 10.4.